The summed E-state index contributed by atoms with van der Waals surface area (Å²) in [6.07, 6.45) is 4.08. The minimum Gasteiger partial charge on any atom is -0.365 e. The van der Waals surface area contributed by atoms with Gasteiger partial charge in [0.05, 0.1) is 22.2 Å². The summed E-state index contributed by atoms with van der Waals surface area (Å²) in [5.74, 6) is -1.03. The zero-order chi connectivity index (χ0) is 20.0. The van der Waals surface area contributed by atoms with Crippen LogP contribution >= 0.6 is 22.7 Å². The van der Waals surface area contributed by atoms with E-state index >= 15 is 0 Å². The number of nitrogens with one attached hydrogen (secondary N) is 1. The molecule has 3 N–H and O–H groups in total. The minimum absolute atomic E-state index is 0.240. The fraction of sp³-hybridized carbons (Fsp3) is 0.278. The number of anilines is 1. The molecule has 0 saturated carbocycles. The van der Waals surface area contributed by atoms with E-state index in [0.717, 1.165) is 41.0 Å². The summed E-state index contributed by atoms with van der Waals surface area (Å²) < 4.78 is 1.19. The lowest BCUT2D eigenvalue weighted by Crippen LogP contribution is -2.28. The van der Waals surface area contributed by atoms with Gasteiger partial charge in [-0.05, 0) is 37.3 Å². The van der Waals surface area contributed by atoms with Gasteiger partial charge in [-0.2, -0.15) is 5.26 Å². The highest BCUT2D eigenvalue weighted by Gasteiger charge is 2.23. The Morgan fingerprint density at radius 1 is 1.39 bits per heavy atom. The normalized spacial score (nSPS) is 12.7. The third kappa shape index (κ3) is 2.89. The standard InChI is InChI=1S/C18H15N5O3S2/c1-8-13-17(28-14(8)15(20)25)21-7-23(18(13)26)6-12(24)22-16-10(5-19)9-3-2-4-11(9)27-16/h7H,2-4,6H2,1H3,(H2,20,25)(H,22,24). The quantitative estimate of drug-likeness (QED) is 0.675. The monoisotopic (exact) mass is 413 g/mol. The van der Waals surface area contributed by atoms with Crippen LogP contribution < -0.4 is 16.6 Å². The molecule has 0 radical (unpaired) electrons. The number of carbonyl (C=O) groups is 2. The second kappa shape index (κ2) is 6.85. The van der Waals surface area contributed by atoms with Crippen LogP contribution in [0.4, 0.5) is 5.00 Å². The third-order valence-electron chi connectivity index (χ3n) is 4.74. The van der Waals surface area contributed by atoms with E-state index in [1.165, 1.54) is 22.2 Å². The van der Waals surface area contributed by atoms with Gasteiger partial charge in [-0.25, -0.2) is 4.98 Å². The maximum Gasteiger partial charge on any atom is 0.262 e. The Kier molecular flexibility index (Phi) is 4.49. The Morgan fingerprint density at radius 3 is 2.89 bits per heavy atom. The molecule has 0 atom stereocenters. The first-order valence-corrected chi connectivity index (χ1v) is 10.2. The van der Waals surface area contributed by atoms with Crippen LogP contribution in [0.5, 0.6) is 0 Å². The second-order valence-corrected chi connectivity index (χ2v) is 8.60. The summed E-state index contributed by atoms with van der Waals surface area (Å²) >= 11 is 2.48. The highest BCUT2D eigenvalue weighted by molar-refractivity contribution is 7.20. The van der Waals surface area contributed by atoms with E-state index in [1.54, 1.807) is 6.92 Å². The summed E-state index contributed by atoms with van der Waals surface area (Å²) in [4.78, 5) is 42.8. The smallest absolute Gasteiger partial charge is 0.262 e. The van der Waals surface area contributed by atoms with Gasteiger partial charge in [-0.15, -0.1) is 22.7 Å². The number of hydrogen-bond donors (Lipinski definition) is 2. The van der Waals surface area contributed by atoms with Crippen molar-refractivity contribution in [3.05, 3.63) is 43.1 Å². The van der Waals surface area contributed by atoms with E-state index in [-0.39, 0.29) is 11.4 Å². The number of carbonyl (C=O) groups excluding carboxylic acids is 2. The molecule has 0 bridgehead atoms. The Labute approximate surface area is 167 Å². The Hall–Kier alpha value is -3.03. The molecule has 3 aromatic rings. The topological polar surface area (TPSA) is 131 Å². The fourth-order valence-corrected chi connectivity index (χ4v) is 5.69. The minimum atomic E-state index is -0.612. The zero-order valence-corrected chi connectivity index (χ0v) is 16.5. The number of nitrogens with two attached hydrogens (primary N) is 1. The molecule has 3 heterocycles. The van der Waals surface area contributed by atoms with Crippen molar-refractivity contribution in [2.45, 2.75) is 32.7 Å². The molecule has 2 amide bonds. The number of rotatable bonds is 4. The number of thiophene rings is 2. The molecule has 10 heteroatoms. The molecule has 1 aliphatic rings. The molecule has 0 spiro atoms. The van der Waals surface area contributed by atoms with Crippen LogP contribution in [0.15, 0.2) is 11.1 Å². The molecule has 0 saturated heterocycles. The van der Waals surface area contributed by atoms with Crippen LogP contribution in [-0.2, 0) is 24.2 Å². The van der Waals surface area contributed by atoms with E-state index < -0.39 is 17.4 Å². The van der Waals surface area contributed by atoms with Crippen molar-refractivity contribution >= 4 is 49.7 Å². The van der Waals surface area contributed by atoms with Gasteiger partial charge in [-0.3, -0.25) is 19.0 Å². The second-order valence-electron chi connectivity index (χ2n) is 6.50. The SMILES string of the molecule is Cc1c(C(N)=O)sc2ncn(CC(=O)Nc3sc4c(c3C#N)CCC4)c(=O)c12. The molecule has 0 aliphatic heterocycles. The van der Waals surface area contributed by atoms with Crippen molar-refractivity contribution < 1.29 is 9.59 Å². The first-order valence-electron chi connectivity index (χ1n) is 8.53. The van der Waals surface area contributed by atoms with Crippen molar-refractivity contribution in [3.8, 4) is 6.07 Å². The first kappa shape index (κ1) is 18.3. The molecule has 28 heavy (non-hydrogen) atoms. The molecular formula is C18H15N5O3S2. The number of hydrogen-bond acceptors (Lipinski definition) is 7. The van der Waals surface area contributed by atoms with Gasteiger partial charge in [0.25, 0.3) is 11.5 Å². The lowest BCUT2D eigenvalue weighted by molar-refractivity contribution is -0.116. The Morgan fingerprint density at radius 2 is 2.18 bits per heavy atom. The maximum absolute atomic E-state index is 12.8. The van der Waals surface area contributed by atoms with Crippen molar-refractivity contribution in [2.24, 2.45) is 5.73 Å². The molecule has 0 unspecified atom stereocenters. The maximum atomic E-state index is 12.8. The van der Waals surface area contributed by atoms with Gasteiger partial charge in [0.2, 0.25) is 5.91 Å². The molecule has 3 aromatic heterocycles. The molecule has 1 aliphatic carbocycles. The molecule has 8 nitrogen and oxygen atoms in total. The molecular weight excluding hydrogens is 398 g/mol. The van der Waals surface area contributed by atoms with E-state index in [0.29, 0.717) is 26.3 Å². The van der Waals surface area contributed by atoms with Gasteiger partial charge >= 0.3 is 0 Å². The highest BCUT2D eigenvalue weighted by Crippen LogP contribution is 2.38. The van der Waals surface area contributed by atoms with Crippen molar-refractivity contribution in [1.82, 2.24) is 9.55 Å². The number of nitrogens with zero attached hydrogens (tertiary/aromatic N) is 3. The number of aromatic nitrogens is 2. The van der Waals surface area contributed by atoms with Crippen LogP contribution in [0.3, 0.4) is 0 Å². The van der Waals surface area contributed by atoms with Crippen LogP contribution in [0, 0.1) is 18.3 Å². The van der Waals surface area contributed by atoms with Crippen molar-refractivity contribution in [3.63, 3.8) is 0 Å². The van der Waals surface area contributed by atoms with Crippen molar-refractivity contribution in [1.29, 1.82) is 5.26 Å². The molecule has 0 fully saturated rings. The average Bonchev–Trinajstić information content (AvgIpc) is 3.30. The number of primary amides is 1. The summed E-state index contributed by atoms with van der Waals surface area (Å²) in [5.41, 5.74) is 6.95. The lowest BCUT2D eigenvalue weighted by Gasteiger charge is -2.07. The fourth-order valence-electron chi connectivity index (χ4n) is 3.44. The number of fused-ring (bicyclic) bond motifs is 2. The highest BCUT2D eigenvalue weighted by atomic mass is 32.1. The van der Waals surface area contributed by atoms with Crippen LogP contribution in [0.1, 0.15) is 37.7 Å². The van der Waals surface area contributed by atoms with Crippen molar-refractivity contribution in [2.75, 3.05) is 5.32 Å². The lowest BCUT2D eigenvalue weighted by atomic mass is 10.1. The molecule has 142 valence electrons. The van der Waals surface area contributed by atoms with E-state index in [4.69, 9.17) is 5.73 Å². The molecule has 4 rings (SSSR count). The summed E-state index contributed by atoms with van der Waals surface area (Å²) in [7, 11) is 0. The van der Waals surface area contributed by atoms with Crippen LogP contribution in [0.25, 0.3) is 10.2 Å². The van der Waals surface area contributed by atoms with Crippen LogP contribution in [0.2, 0.25) is 0 Å². The van der Waals surface area contributed by atoms with E-state index in [9.17, 15) is 19.6 Å². The number of aryl methyl sites for hydroxylation is 2. The van der Waals surface area contributed by atoms with Gasteiger partial charge in [0.15, 0.2) is 0 Å². The van der Waals surface area contributed by atoms with E-state index in [1.807, 2.05) is 0 Å². The van der Waals surface area contributed by atoms with Gasteiger partial charge in [0.1, 0.15) is 22.4 Å². The predicted octanol–water partition coefficient (Wildman–Crippen LogP) is 1.93. The average molecular weight is 413 g/mol. The largest absolute Gasteiger partial charge is 0.365 e. The Balaban J connectivity index is 1.62. The summed E-state index contributed by atoms with van der Waals surface area (Å²) in [6.45, 7) is 1.40. The summed E-state index contributed by atoms with van der Waals surface area (Å²) in [5, 5.41) is 13.0. The summed E-state index contributed by atoms with van der Waals surface area (Å²) in [6, 6.07) is 2.17. The zero-order valence-electron chi connectivity index (χ0n) is 14.9. The third-order valence-corrected chi connectivity index (χ3v) is 7.16. The van der Waals surface area contributed by atoms with E-state index in [2.05, 4.69) is 16.4 Å². The van der Waals surface area contributed by atoms with Gasteiger partial charge in [0, 0.05) is 4.88 Å². The Bertz CT molecular complexity index is 1240. The molecule has 0 aromatic carbocycles. The van der Waals surface area contributed by atoms with Gasteiger partial charge < -0.3 is 11.1 Å². The number of nitriles is 1. The van der Waals surface area contributed by atoms with Gasteiger partial charge in [-0.1, -0.05) is 0 Å². The first-order chi connectivity index (χ1) is 13.4. The predicted molar refractivity (Wildman–Crippen MR) is 107 cm³/mol. The van der Waals surface area contributed by atoms with Crippen LogP contribution in [-0.4, -0.2) is 21.4 Å². The number of amides is 2.